The van der Waals surface area contributed by atoms with Crippen molar-refractivity contribution in [3.8, 4) is 0 Å². The highest BCUT2D eigenvalue weighted by Crippen LogP contribution is 2.27. The van der Waals surface area contributed by atoms with Gasteiger partial charge in [-0.1, -0.05) is 19.3 Å². The SMILES string of the molecule is CNC(Cc1ccnc(N)c1)C1CCCCC1. The molecule has 1 atom stereocenters. The number of nitrogens with two attached hydrogens (primary N) is 1. The second-order valence-electron chi connectivity index (χ2n) is 5.09. The topological polar surface area (TPSA) is 50.9 Å². The molecular formula is C14H23N3. The zero-order chi connectivity index (χ0) is 12.1. The number of nitrogen functional groups attached to an aromatic ring is 1. The Morgan fingerprint density at radius 2 is 2.18 bits per heavy atom. The summed E-state index contributed by atoms with van der Waals surface area (Å²) in [6, 6.07) is 4.65. The van der Waals surface area contributed by atoms with Crippen LogP contribution in [0, 0.1) is 5.92 Å². The molecule has 1 unspecified atom stereocenters. The molecule has 0 bridgehead atoms. The average molecular weight is 233 g/mol. The van der Waals surface area contributed by atoms with Gasteiger partial charge < -0.3 is 11.1 Å². The molecule has 0 aromatic carbocycles. The molecule has 0 radical (unpaired) electrons. The molecular weight excluding hydrogens is 210 g/mol. The lowest BCUT2D eigenvalue weighted by Crippen LogP contribution is -2.36. The molecule has 1 aromatic rings. The van der Waals surface area contributed by atoms with Gasteiger partial charge in [0.25, 0.3) is 0 Å². The maximum Gasteiger partial charge on any atom is 0.123 e. The van der Waals surface area contributed by atoms with E-state index in [9.17, 15) is 0 Å². The van der Waals surface area contributed by atoms with Crippen LogP contribution in [0.15, 0.2) is 18.3 Å². The van der Waals surface area contributed by atoms with Gasteiger partial charge in [0.15, 0.2) is 0 Å². The summed E-state index contributed by atoms with van der Waals surface area (Å²) in [4.78, 5) is 4.04. The largest absolute Gasteiger partial charge is 0.384 e. The van der Waals surface area contributed by atoms with Crippen molar-refractivity contribution < 1.29 is 0 Å². The van der Waals surface area contributed by atoms with Gasteiger partial charge in [0, 0.05) is 12.2 Å². The molecule has 1 saturated carbocycles. The van der Waals surface area contributed by atoms with Gasteiger partial charge in [0.2, 0.25) is 0 Å². The minimum Gasteiger partial charge on any atom is -0.384 e. The minimum absolute atomic E-state index is 0.581. The van der Waals surface area contributed by atoms with E-state index in [0.29, 0.717) is 11.9 Å². The minimum atomic E-state index is 0.581. The first kappa shape index (κ1) is 12.4. The number of anilines is 1. The quantitative estimate of drug-likeness (QED) is 0.839. The lowest BCUT2D eigenvalue weighted by atomic mass is 9.82. The van der Waals surface area contributed by atoms with Gasteiger partial charge >= 0.3 is 0 Å². The summed E-state index contributed by atoms with van der Waals surface area (Å²) in [5, 5.41) is 3.48. The Kier molecular flexibility index (Phi) is 4.37. The van der Waals surface area contributed by atoms with Crippen LogP contribution in [0.4, 0.5) is 5.82 Å². The zero-order valence-electron chi connectivity index (χ0n) is 10.7. The van der Waals surface area contributed by atoms with Gasteiger partial charge in [-0.05, 0) is 49.9 Å². The number of hydrogen-bond donors (Lipinski definition) is 2. The Morgan fingerprint density at radius 3 is 2.82 bits per heavy atom. The summed E-state index contributed by atoms with van der Waals surface area (Å²) in [6.45, 7) is 0. The number of nitrogens with zero attached hydrogens (tertiary/aromatic N) is 1. The Bertz CT molecular complexity index is 345. The second-order valence-corrected chi connectivity index (χ2v) is 5.09. The number of rotatable bonds is 4. The molecule has 2 rings (SSSR count). The van der Waals surface area contributed by atoms with E-state index in [0.717, 1.165) is 12.3 Å². The van der Waals surface area contributed by atoms with E-state index in [4.69, 9.17) is 5.73 Å². The predicted molar refractivity (Wildman–Crippen MR) is 71.8 cm³/mol. The van der Waals surface area contributed by atoms with Crippen LogP contribution in [-0.2, 0) is 6.42 Å². The van der Waals surface area contributed by atoms with Crippen LogP contribution < -0.4 is 11.1 Å². The Labute approximate surface area is 104 Å². The van der Waals surface area contributed by atoms with Crippen LogP contribution in [0.2, 0.25) is 0 Å². The lowest BCUT2D eigenvalue weighted by molar-refractivity contribution is 0.277. The van der Waals surface area contributed by atoms with Gasteiger partial charge in [-0.3, -0.25) is 0 Å². The van der Waals surface area contributed by atoms with Crippen molar-refractivity contribution >= 4 is 5.82 Å². The first-order chi connectivity index (χ1) is 8.29. The molecule has 94 valence electrons. The third-order valence-corrected chi connectivity index (χ3v) is 3.89. The van der Waals surface area contributed by atoms with E-state index in [2.05, 4.69) is 23.4 Å². The average Bonchev–Trinajstić information content (AvgIpc) is 2.37. The molecule has 17 heavy (non-hydrogen) atoms. The number of likely N-dealkylation sites (N-methyl/N-ethyl adjacent to an activating group) is 1. The molecule has 0 spiro atoms. The summed E-state index contributed by atoms with van der Waals surface area (Å²) in [5.74, 6) is 1.45. The van der Waals surface area contributed by atoms with E-state index in [1.807, 2.05) is 6.07 Å². The summed E-state index contributed by atoms with van der Waals surface area (Å²) < 4.78 is 0. The van der Waals surface area contributed by atoms with Crippen molar-refractivity contribution in [3.63, 3.8) is 0 Å². The molecule has 1 aromatic heterocycles. The number of pyridine rings is 1. The Hall–Kier alpha value is -1.09. The van der Waals surface area contributed by atoms with Crippen molar-refractivity contribution in [1.29, 1.82) is 0 Å². The highest BCUT2D eigenvalue weighted by Gasteiger charge is 2.22. The van der Waals surface area contributed by atoms with Gasteiger partial charge in [0.05, 0.1) is 0 Å². The Balaban J connectivity index is 1.98. The molecule has 1 fully saturated rings. The van der Waals surface area contributed by atoms with Crippen LogP contribution in [0.25, 0.3) is 0 Å². The van der Waals surface area contributed by atoms with Crippen LogP contribution in [0.3, 0.4) is 0 Å². The molecule has 0 saturated heterocycles. The molecule has 3 N–H and O–H groups in total. The van der Waals surface area contributed by atoms with Gasteiger partial charge in [-0.2, -0.15) is 0 Å². The van der Waals surface area contributed by atoms with Crippen molar-refractivity contribution in [2.75, 3.05) is 12.8 Å². The number of aromatic nitrogens is 1. The van der Waals surface area contributed by atoms with Crippen LogP contribution in [0.1, 0.15) is 37.7 Å². The first-order valence-corrected chi connectivity index (χ1v) is 6.67. The zero-order valence-corrected chi connectivity index (χ0v) is 10.7. The van der Waals surface area contributed by atoms with E-state index in [-0.39, 0.29) is 0 Å². The van der Waals surface area contributed by atoms with E-state index in [1.165, 1.54) is 37.7 Å². The molecule has 0 aliphatic heterocycles. The van der Waals surface area contributed by atoms with Crippen LogP contribution in [-0.4, -0.2) is 18.1 Å². The monoisotopic (exact) mass is 233 g/mol. The third-order valence-electron chi connectivity index (χ3n) is 3.89. The highest BCUT2D eigenvalue weighted by atomic mass is 14.9. The number of nitrogens with one attached hydrogen (secondary N) is 1. The third kappa shape index (κ3) is 3.43. The highest BCUT2D eigenvalue weighted by molar-refractivity contribution is 5.32. The van der Waals surface area contributed by atoms with E-state index in [1.54, 1.807) is 6.20 Å². The van der Waals surface area contributed by atoms with Gasteiger partial charge in [0.1, 0.15) is 5.82 Å². The maximum atomic E-state index is 5.72. The molecule has 3 heteroatoms. The van der Waals surface area contributed by atoms with Gasteiger partial charge in [-0.15, -0.1) is 0 Å². The van der Waals surface area contributed by atoms with Gasteiger partial charge in [-0.25, -0.2) is 4.98 Å². The summed E-state index contributed by atoms with van der Waals surface area (Å²) in [5.41, 5.74) is 7.02. The van der Waals surface area contributed by atoms with Crippen molar-refractivity contribution in [2.45, 2.75) is 44.6 Å². The van der Waals surface area contributed by atoms with Crippen molar-refractivity contribution in [1.82, 2.24) is 10.3 Å². The van der Waals surface area contributed by atoms with Crippen LogP contribution >= 0.6 is 0 Å². The van der Waals surface area contributed by atoms with Crippen molar-refractivity contribution in [2.24, 2.45) is 5.92 Å². The van der Waals surface area contributed by atoms with Crippen molar-refractivity contribution in [3.05, 3.63) is 23.9 Å². The normalized spacial score (nSPS) is 19.1. The molecule has 1 aliphatic carbocycles. The molecule has 3 nitrogen and oxygen atoms in total. The fourth-order valence-electron chi connectivity index (χ4n) is 2.92. The molecule has 1 heterocycles. The summed E-state index contributed by atoms with van der Waals surface area (Å²) in [6.07, 6.45) is 9.79. The van der Waals surface area contributed by atoms with E-state index >= 15 is 0 Å². The second kappa shape index (κ2) is 6.01. The lowest BCUT2D eigenvalue weighted by Gasteiger charge is -2.30. The van der Waals surface area contributed by atoms with Crippen LogP contribution in [0.5, 0.6) is 0 Å². The fraction of sp³-hybridized carbons (Fsp3) is 0.643. The smallest absolute Gasteiger partial charge is 0.123 e. The first-order valence-electron chi connectivity index (χ1n) is 6.67. The molecule has 0 amide bonds. The fourth-order valence-corrected chi connectivity index (χ4v) is 2.92. The molecule has 1 aliphatic rings. The van der Waals surface area contributed by atoms with E-state index < -0.39 is 0 Å². The standard InChI is InChI=1S/C14H23N3/c1-16-13(12-5-3-2-4-6-12)9-11-7-8-17-14(15)10-11/h7-8,10,12-13,16H,2-6,9H2,1H3,(H2,15,17). The maximum absolute atomic E-state index is 5.72. The predicted octanol–water partition coefficient (Wildman–Crippen LogP) is 2.37. The number of hydrogen-bond acceptors (Lipinski definition) is 3. The summed E-state index contributed by atoms with van der Waals surface area (Å²) in [7, 11) is 2.07. The Morgan fingerprint density at radius 1 is 1.41 bits per heavy atom. The summed E-state index contributed by atoms with van der Waals surface area (Å²) >= 11 is 0.